The Morgan fingerprint density at radius 1 is 1.62 bits per heavy atom. The molecule has 13 heavy (non-hydrogen) atoms. The van der Waals surface area contributed by atoms with E-state index in [1.807, 2.05) is 6.07 Å². The molecule has 0 saturated heterocycles. The molecule has 1 heterocycles. The molecule has 1 fully saturated rings. The van der Waals surface area contributed by atoms with Crippen LogP contribution in [0.3, 0.4) is 0 Å². The maximum Gasteiger partial charge on any atom is 0.182 e. The van der Waals surface area contributed by atoms with E-state index in [1.54, 1.807) is 0 Å². The van der Waals surface area contributed by atoms with Gasteiger partial charge < -0.3 is 4.74 Å². The first-order valence-electron chi connectivity index (χ1n) is 4.02. The lowest BCUT2D eigenvalue weighted by atomic mass is 10.3. The van der Waals surface area contributed by atoms with E-state index in [2.05, 4.69) is 4.98 Å². The molecule has 1 aliphatic rings. The Hall–Kier alpha value is -1.63. The fourth-order valence-corrected chi connectivity index (χ4v) is 0.960. The Morgan fingerprint density at radius 2 is 2.38 bits per heavy atom. The largest absolute Gasteiger partial charge is 0.487 e. The molecule has 0 aliphatic heterocycles. The first kappa shape index (κ1) is 7.99. The SMILES string of the molecule is N#Cc1ncc(F)cc1OC1CC1. The second kappa shape index (κ2) is 3.02. The predicted molar refractivity (Wildman–Crippen MR) is 42.6 cm³/mol. The maximum atomic E-state index is 12.7. The first-order valence-corrected chi connectivity index (χ1v) is 4.02. The van der Waals surface area contributed by atoms with Gasteiger partial charge in [0.1, 0.15) is 11.9 Å². The highest BCUT2D eigenvalue weighted by molar-refractivity contribution is 5.37. The smallest absolute Gasteiger partial charge is 0.182 e. The molecule has 0 unspecified atom stereocenters. The fraction of sp³-hybridized carbons (Fsp3) is 0.333. The first-order chi connectivity index (χ1) is 6.29. The van der Waals surface area contributed by atoms with Gasteiger partial charge in [0.25, 0.3) is 0 Å². The minimum Gasteiger partial charge on any atom is -0.487 e. The van der Waals surface area contributed by atoms with E-state index in [1.165, 1.54) is 6.07 Å². The zero-order valence-electron chi connectivity index (χ0n) is 6.83. The number of hydrogen-bond donors (Lipinski definition) is 0. The molecule has 66 valence electrons. The van der Waals surface area contributed by atoms with Gasteiger partial charge in [-0.3, -0.25) is 0 Å². The average Bonchev–Trinajstić information content (AvgIpc) is 2.89. The summed E-state index contributed by atoms with van der Waals surface area (Å²) in [5.41, 5.74) is 0.147. The van der Waals surface area contributed by atoms with E-state index in [9.17, 15) is 4.39 Å². The number of nitrogens with zero attached hydrogens (tertiary/aromatic N) is 2. The van der Waals surface area contributed by atoms with Gasteiger partial charge in [0, 0.05) is 6.07 Å². The van der Waals surface area contributed by atoms with Crippen LogP contribution in [-0.4, -0.2) is 11.1 Å². The number of pyridine rings is 1. The van der Waals surface area contributed by atoms with Gasteiger partial charge in [-0.25, -0.2) is 9.37 Å². The van der Waals surface area contributed by atoms with Crippen molar-refractivity contribution in [1.29, 1.82) is 5.26 Å². The Balaban J connectivity index is 2.29. The van der Waals surface area contributed by atoms with Crippen molar-refractivity contribution in [3.05, 3.63) is 23.8 Å². The molecule has 2 rings (SSSR count). The van der Waals surface area contributed by atoms with Crippen LogP contribution in [0.1, 0.15) is 18.5 Å². The van der Waals surface area contributed by atoms with Crippen molar-refractivity contribution in [2.45, 2.75) is 18.9 Å². The van der Waals surface area contributed by atoms with Gasteiger partial charge in [0.05, 0.1) is 12.3 Å². The van der Waals surface area contributed by atoms with Crippen LogP contribution in [-0.2, 0) is 0 Å². The summed E-state index contributed by atoms with van der Waals surface area (Å²) in [7, 11) is 0. The van der Waals surface area contributed by atoms with Gasteiger partial charge in [0.15, 0.2) is 11.4 Å². The van der Waals surface area contributed by atoms with E-state index in [-0.39, 0.29) is 17.5 Å². The van der Waals surface area contributed by atoms with Gasteiger partial charge in [-0.05, 0) is 12.8 Å². The predicted octanol–water partition coefficient (Wildman–Crippen LogP) is 1.63. The molecule has 0 aromatic carbocycles. The second-order valence-electron chi connectivity index (χ2n) is 2.93. The van der Waals surface area contributed by atoms with Crippen LogP contribution in [0.2, 0.25) is 0 Å². The molecule has 1 saturated carbocycles. The Kier molecular flexibility index (Phi) is 1.85. The molecular weight excluding hydrogens is 171 g/mol. The molecule has 0 bridgehead atoms. The monoisotopic (exact) mass is 178 g/mol. The summed E-state index contributed by atoms with van der Waals surface area (Å²) >= 11 is 0. The summed E-state index contributed by atoms with van der Waals surface area (Å²) in [5, 5.41) is 8.63. The van der Waals surface area contributed by atoms with Crippen LogP contribution in [0.25, 0.3) is 0 Å². The summed E-state index contributed by atoms with van der Waals surface area (Å²) < 4.78 is 18.0. The van der Waals surface area contributed by atoms with E-state index < -0.39 is 5.82 Å². The zero-order chi connectivity index (χ0) is 9.26. The van der Waals surface area contributed by atoms with Crippen molar-refractivity contribution in [3.63, 3.8) is 0 Å². The van der Waals surface area contributed by atoms with Crippen molar-refractivity contribution in [2.75, 3.05) is 0 Å². The van der Waals surface area contributed by atoms with Crippen LogP contribution in [0, 0.1) is 17.1 Å². The zero-order valence-corrected chi connectivity index (χ0v) is 6.83. The van der Waals surface area contributed by atoms with Gasteiger partial charge >= 0.3 is 0 Å². The van der Waals surface area contributed by atoms with E-state index in [0.29, 0.717) is 0 Å². The van der Waals surface area contributed by atoms with E-state index in [0.717, 1.165) is 19.0 Å². The third-order valence-electron chi connectivity index (χ3n) is 1.74. The maximum absolute atomic E-state index is 12.7. The van der Waals surface area contributed by atoms with E-state index >= 15 is 0 Å². The van der Waals surface area contributed by atoms with Gasteiger partial charge in [-0.15, -0.1) is 0 Å². The summed E-state index contributed by atoms with van der Waals surface area (Å²) in [6.45, 7) is 0. The Labute approximate surface area is 74.8 Å². The number of aromatic nitrogens is 1. The lowest BCUT2D eigenvalue weighted by Crippen LogP contribution is -2.00. The molecule has 0 N–H and O–H groups in total. The third kappa shape index (κ3) is 1.75. The van der Waals surface area contributed by atoms with Gasteiger partial charge in [-0.1, -0.05) is 0 Å². The third-order valence-corrected chi connectivity index (χ3v) is 1.74. The second-order valence-corrected chi connectivity index (χ2v) is 2.93. The van der Waals surface area contributed by atoms with Crippen LogP contribution in [0.5, 0.6) is 5.75 Å². The molecule has 4 heteroatoms. The summed E-state index contributed by atoms with van der Waals surface area (Å²) in [5.74, 6) is -0.223. The van der Waals surface area contributed by atoms with Crippen molar-refractivity contribution in [1.82, 2.24) is 4.98 Å². The summed E-state index contributed by atoms with van der Waals surface area (Å²) in [4.78, 5) is 3.62. The normalized spacial score (nSPS) is 15.1. The summed E-state index contributed by atoms with van der Waals surface area (Å²) in [6.07, 6.45) is 3.11. The molecule has 0 spiro atoms. The van der Waals surface area contributed by atoms with Crippen molar-refractivity contribution in [2.24, 2.45) is 0 Å². The molecule has 3 nitrogen and oxygen atoms in total. The minimum absolute atomic E-state index is 0.147. The minimum atomic E-state index is -0.477. The lowest BCUT2D eigenvalue weighted by molar-refractivity contribution is 0.299. The molecule has 0 atom stereocenters. The molecule has 1 aliphatic carbocycles. The highest BCUT2D eigenvalue weighted by Gasteiger charge is 2.25. The number of ether oxygens (including phenoxy) is 1. The highest BCUT2D eigenvalue weighted by atomic mass is 19.1. The van der Waals surface area contributed by atoms with Crippen LogP contribution in [0.4, 0.5) is 4.39 Å². The summed E-state index contributed by atoms with van der Waals surface area (Å²) in [6, 6.07) is 3.05. The lowest BCUT2D eigenvalue weighted by Gasteiger charge is -2.04. The van der Waals surface area contributed by atoms with Crippen LogP contribution < -0.4 is 4.74 Å². The van der Waals surface area contributed by atoms with Gasteiger partial charge in [-0.2, -0.15) is 5.26 Å². The Bertz CT molecular complexity index is 368. The topological polar surface area (TPSA) is 45.9 Å². The van der Waals surface area contributed by atoms with Crippen molar-refractivity contribution < 1.29 is 9.13 Å². The molecular formula is C9H7FN2O. The number of halogens is 1. The average molecular weight is 178 g/mol. The van der Waals surface area contributed by atoms with Crippen LogP contribution in [0.15, 0.2) is 12.3 Å². The fourth-order valence-electron chi connectivity index (χ4n) is 0.960. The number of hydrogen-bond acceptors (Lipinski definition) is 3. The van der Waals surface area contributed by atoms with Crippen molar-refractivity contribution >= 4 is 0 Å². The molecule has 0 radical (unpaired) electrons. The number of nitriles is 1. The number of rotatable bonds is 2. The standard InChI is InChI=1S/C9H7FN2O/c10-6-3-9(13-7-1-2-7)8(4-11)12-5-6/h3,5,7H,1-2H2. The Morgan fingerprint density at radius 3 is 3.00 bits per heavy atom. The quantitative estimate of drug-likeness (QED) is 0.691. The molecule has 1 aromatic heterocycles. The van der Waals surface area contributed by atoms with Crippen LogP contribution >= 0.6 is 0 Å². The van der Waals surface area contributed by atoms with Crippen molar-refractivity contribution in [3.8, 4) is 11.8 Å². The van der Waals surface area contributed by atoms with Gasteiger partial charge in [0.2, 0.25) is 0 Å². The molecule has 0 amide bonds. The van der Waals surface area contributed by atoms with E-state index in [4.69, 9.17) is 10.00 Å². The highest BCUT2D eigenvalue weighted by Crippen LogP contribution is 2.28. The molecule has 1 aromatic rings.